The molecule has 1 aromatic carbocycles. The summed E-state index contributed by atoms with van der Waals surface area (Å²) in [4.78, 5) is 0.831. The highest BCUT2D eigenvalue weighted by Crippen LogP contribution is 2.30. The first-order chi connectivity index (χ1) is 6.96. The Morgan fingerprint density at radius 2 is 2.13 bits per heavy atom. The molecule has 0 unspecified atom stereocenters. The Bertz CT molecular complexity index is 443. The van der Waals surface area contributed by atoms with Gasteiger partial charge in [0, 0.05) is 16.9 Å². The zero-order chi connectivity index (χ0) is 11.5. The number of anilines is 1. The van der Waals surface area contributed by atoms with Gasteiger partial charge in [-0.1, -0.05) is 6.07 Å². The lowest BCUT2D eigenvalue weighted by atomic mass is 10.3. The fourth-order valence-corrected chi connectivity index (χ4v) is 2.78. The Labute approximate surface area is 93.4 Å². The standard InChI is InChI=1S/C9H13NO3S2/c1-15(12,13)8-4-2-3-7(9(8)10)14-6-5-11/h2-4,11H,5-6,10H2,1H3. The molecule has 15 heavy (non-hydrogen) atoms. The number of hydrogen-bond donors (Lipinski definition) is 2. The van der Waals surface area contributed by atoms with Crippen molar-refractivity contribution in [2.24, 2.45) is 0 Å². The molecule has 84 valence electrons. The number of thioether (sulfide) groups is 1. The van der Waals surface area contributed by atoms with E-state index < -0.39 is 9.84 Å². The van der Waals surface area contributed by atoms with E-state index in [9.17, 15) is 8.42 Å². The summed E-state index contributed by atoms with van der Waals surface area (Å²) in [6.45, 7) is 0.0349. The molecule has 0 aliphatic carbocycles. The Balaban J connectivity index is 3.12. The van der Waals surface area contributed by atoms with Crippen molar-refractivity contribution in [1.29, 1.82) is 0 Å². The third kappa shape index (κ3) is 3.12. The van der Waals surface area contributed by atoms with Crippen LogP contribution in [0.3, 0.4) is 0 Å². The summed E-state index contributed by atoms with van der Waals surface area (Å²) in [5, 5.41) is 8.67. The largest absolute Gasteiger partial charge is 0.397 e. The van der Waals surface area contributed by atoms with Crippen LogP contribution in [0.15, 0.2) is 28.0 Å². The van der Waals surface area contributed by atoms with Crippen LogP contribution in [0.1, 0.15) is 0 Å². The number of benzene rings is 1. The molecule has 1 aromatic rings. The highest BCUT2D eigenvalue weighted by atomic mass is 32.2. The number of hydrogen-bond acceptors (Lipinski definition) is 5. The van der Waals surface area contributed by atoms with Crippen LogP contribution in [0.4, 0.5) is 5.69 Å². The lowest BCUT2D eigenvalue weighted by Crippen LogP contribution is -2.03. The topological polar surface area (TPSA) is 80.4 Å². The van der Waals surface area contributed by atoms with Gasteiger partial charge in [0.15, 0.2) is 9.84 Å². The summed E-state index contributed by atoms with van der Waals surface area (Å²) in [6, 6.07) is 4.87. The van der Waals surface area contributed by atoms with E-state index in [-0.39, 0.29) is 17.2 Å². The molecule has 1 rings (SSSR count). The van der Waals surface area contributed by atoms with Crippen LogP contribution in [0, 0.1) is 0 Å². The quantitative estimate of drug-likeness (QED) is 0.606. The number of para-hydroxylation sites is 1. The highest BCUT2D eigenvalue weighted by molar-refractivity contribution is 7.99. The van der Waals surface area contributed by atoms with Crippen molar-refractivity contribution in [3.8, 4) is 0 Å². The first-order valence-corrected chi connectivity index (χ1v) is 7.16. The van der Waals surface area contributed by atoms with Gasteiger partial charge in [0.2, 0.25) is 0 Å². The van der Waals surface area contributed by atoms with E-state index in [1.165, 1.54) is 17.8 Å². The van der Waals surface area contributed by atoms with Gasteiger partial charge >= 0.3 is 0 Å². The number of nitrogens with two attached hydrogens (primary N) is 1. The Morgan fingerprint density at radius 1 is 1.47 bits per heavy atom. The van der Waals surface area contributed by atoms with Crippen LogP contribution in [0.5, 0.6) is 0 Å². The third-order valence-electron chi connectivity index (χ3n) is 1.77. The van der Waals surface area contributed by atoms with Gasteiger partial charge in [-0.3, -0.25) is 0 Å². The molecule has 0 aliphatic heterocycles. The van der Waals surface area contributed by atoms with Gasteiger partial charge in [0.05, 0.1) is 17.2 Å². The minimum atomic E-state index is -3.28. The Hall–Kier alpha value is -0.720. The molecule has 0 aromatic heterocycles. The maximum Gasteiger partial charge on any atom is 0.177 e. The number of aliphatic hydroxyl groups excluding tert-OH is 1. The van der Waals surface area contributed by atoms with Crippen LogP contribution >= 0.6 is 11.8 Å². The molecule has 6 heteroatoms. The average molecular weight is 247 g/mol. The van der Waals surface area contributed by atoms with Gasteiger partial charge in [-0.25, -0.2) is 8.42 Å². The van der Waals surface area contributed by atoms with Crippen molar-refractivity contribution in [2.75, 3.05) is 24.3 Å². The predicted octanol–water partition coefficient (Wildman–Crippen LogP) is 0.757. The maximum atomic E-state index is 11.3. The maximum absolute atomic E-state index is 11.3. The van der Waals surface area contributed by atoms with Crippen molar-refractivity contribution in [1.82, 2.24) is 0 Å². The monoisotopic (exact) mass is 247 g/mol. The van der Waals surface area contributed by atoms with Crippen molar-refractivity contribution in [3.63, 3.8) is 0 Å². The molecule has 0 amide bonds. The fraction of sp³-hybridized carbons (Fsp3) is 0.333. The van der Waals surface area contributed by atoms with Crippen LogP contribution in [0.2, 0.25) is 0 Å². The second kappa shape index (κ2) is 4.87. The predicted molar refractivity (Wildman–Crippen MR) is 61.8 cm³/mol. The van der Waals surface area contributed by atoms with E-state index in [4.69, 9.17) is 10.8 Å². The number of aliphatic hydroxyl groups is 1. The van der Waals surface area contributed by atoms with Crippen molar-refractivity contribution in [2.45, 2.75) is 9.79 Å². The molecule has 0 saturated heterocycles. The molecular formula is C9H13NO3S2. The SMILES string of the molecule is CS(=O)(=O)c1cccc(SCCO)c1N. The van der Waals surface area contributed by atoms with Crippen LogP contribution in [0.25, 0.3) is 0 Å². The minimum Gasteiger partial charge on any atom is -0.397 e. The molecule has 3 N–H and O–H groups in total. The van der Waals surface area contributed by atoms with Gasteiger partial charge < -0.3 is 10.8 Å². The Kier molecular flexibility index (Phi) is 4.01. The second-order valence-electron chi connectivity index (χ2n) is 3.01. The average Bonchev–Trinajstić information content (AvgIpc) is 2.14. The molecule has 0 fully saturated rings. The normalized spacial score (nSPS) is 11.6. The van der Waals surface area contributed by atoms with Crippen molar-refractivity contribution in [3.05, 3.63) is 18.2 Å². The van der Waals surface area contributed by atoms with Crippen LogP contribution in [-0.2, 0) is 9.84 Å². The van der Waals surface area contributed by atoms with E-state index in [2.05, 4.69) is 0 Å². The van der Waals surface area contributed by atoms with Crippen LogP contribution < -0.4 is 5.73 Å². The molecule has 0 saturated carbocycles. The molecule has 0 heterocycles. The second-order valence-corrected chi connectivity index (χ2v) is 6.13. The minimum absolute atomic E-state index is 0.0349. The van der Waals surface area contributed by atoms with Gasteiger partial charge in [-0.15, -0.1) is 11.8 Å². The lowest BCUT2D eigenvalue weighted by molar-refractivity contribution is 0.322. The van der Waals surface area contributed by atoms with Crippen molar-refractivity contribution < 1.29 is 13.5 Å². The van der Waals surface area contributed by atoms with E-state index in [0.717, 1.165) is 6.26 Å². The molecule has 0 atom stereocenters. The van der Waals surface area contributed by atoms with E-state index >= 15 is 0 Å². The summed E-state index contributed by atoms with van der Waals surface area (Å²) in [7, 11) is -3.28. The third-order valence-corrected chi connectivity index (χ3v) is 3.98. The van der Waals surface area contributed by atoms with Gasteiger partial charge in [-0.2, -0.15) is 0 Å². The van der Waals surface area contributed by atoms with Gasteiger partial charge in [-0.05, 0) is 12.1 Å². The van der Waals surface area contributed by atoms with E-state index in [1.807, 2.05) is 0 Å². The zero-order valence-electron chi connectivity index (χ0n) is 8.30. The number of sulfone groups is 1. The van der Waals surface area contributed by atoms with Crippen LogP contribution in [-0.4, -0.2) is 32.1 Å². The first kappa shape index (κ1) is 12.4. The summed E-state index contributed by atoms with van der Waals surface area (Å²) in [5.41, 5.74) is 5.99. The summed E-state index contributed by atoms with van der Waals surface area (Å²) in [5.74, 6) is 0.497. The van der Waals surface area contributed by atoms with E-state index in [0.29, 0.717) is 10.6 Å². The van der Waals surface area contributed by atoms with Crippen molar-refractivity contribution >= 4 is 27.3 Å². The number of rotatable bonds is 4. The molecule has 0 radical (unpaired) electrons. The highest BCUT2D eigenvalue weighted by Gasteiger charge is 2.13. The zero-order valence-corrected chi connectivity index (χ0v) is 9.94. The lowest BCUT2D eigenvalue weighted by Gasteiger charge is -2.08. The van der Waals surface area contributed by atoms with Gasteiger partial charge in [0.1, 0.15) is 0 Å². The fourth-order valence-electron chi connectivity index (χ4n) is 1.13. The molecule has 4 nitrogen and oxygen atoms in total. The molecule has 0 aliphatic rings. The summed E-state index contributed by atoms with van der Waals surface area (Å²) in [6.07, 6.45) is 1.12. The molecule has 0 spiro atoms. The summed E-state index contributed by atoms with van der Waals surface area (Å²) < 4.78 is 22.7. The molecule has 0 bridgehead atoms. The van der Waals surface area contributed by atoms with E-state index in [1.54, 1.807) is 12.1 Å². The first-order valence-electron chi connectivity index (χ1n) is 4.29. The molecular weight excluding hydrogens is 234 g/mol. The smallest absolute Gasteiger partial charge is 0.177 e. The number of nitrogen functional groups attached to an aromatic ring is 1. The Morgan fingerprint density at radius 3 is 2.67 bits per heavy atom. The van der Waals surface area contributed by atoms with Gasteiger partial charge in [0.25, 0.3) is 0 Å². The summed E-state index contributed by atoms with van der Waals surface area (Å²) >= 11 is 1.34.